The monoisotopic (exact) mass is 393 g/mol. The van der Waals surface area contributed by atoms with E-state index in [1.165, 1.54) is 4.90 Å². The Balaban J connectivity index is 1.62. The summed E-state index contributed by atoms with van der Waals surface area (Å²) in [6.07, 6.45) is 3.96. The molecule has 2 unspecified atom stereocenters. The molecular weight excluding hydrogens is 354 g/mol. The van der Waals surface area contributed by atoms with Crippen LogP contribution in [0.3, 0.4) is 0 Å². The highest BCUT2D eigenvalue weighted by Gasteiger charge is 2.44. The Labute approximate surface area is 170 Å². The number of nitrogens with zero attached hydrogens (tertiary/aromatic N) is 2. The second-order valence-corrected chi connectivity index (χ2v) is 10.6. The van der Waals surface area contributed by atoms with Gasteiger partial charge in [-0.2, -0.15) is 0 Å². The van der Waals surface area contributed by atoms with Gasteiger partial charge in [-0.25, -0.2) is 4.79 Å². The summed E-state index contributed by atoms with van der Waals surface area (Å²) in [7, 11) is 0. The summed E-state index contributed by atoms with van der Waals surface area (Å²) in [5.74, 6) is 0.302. The van der Waals surface area contributed by atoms with Crippen molar-refractivity contribution in [2.75, 3.05) is 26.2 Å². The van der Waals surface area contributed by atoms with E-state index in [9.17, 15) is 14.4 Å². The average Bonchev–Trinajstić information content (AvgIpc) is 3.16. The number of likely N-dealkylation sites (tertiary alicyclic amines) is 2. The molecule has 6 heteroatoms. The Hall–Kier alpha value is -1.59. The Kier molecular flexibility index (Phi) is 7.16. The number of rotatable bonds is 6. The molecule has 2 heterocycles. The fraction of sp³-hybridized carbons (Fsp3) is 0.864. The predicted molar refractivity (Wildman–Crippen MR) is 111 cm³/mol. The van der Waals surface area contributed by atoms with E-state index in [-0.39, 0.29) is 34.6 Å². The number of amides is 4. The van der Waals surface area contributed by atoms with Crippen molar-refractivity contribution < 1.29 is 14.4 Å². The van der Waals surface area contributed by atoms with Crippen molar-refractivity contribution in [2.45, 2.75) is 73.6 Å². The zero-order valence-corrected chi connectivity index (χ0v) is 18.6. The lowest BCUT2D eigenvalue weighted by Gasteiger charge is -2.27. The third kappa shape index (κ3) is 5.71. The van der Waals surface area contributed by atoms with E-state index in [4.69, 9.17) is 0 Å². The lowest BCUT2D eigenvalue weighted by molar-refractivity contribution is -0.140. The SMILES string of the molecule is CC(C)(C)C1CCN(C(=O)NCCCCCN2C(=O)CC(C(C)(C)C)C2=O)C1. The molecule has 0 aromatic rings. The molecule has 0 aromatic heterocycles. The second kappa shape index (κ2) is 8.83. The van der Waals surface area contributed by atoms with Gasteiger partial charge in [0, 0.05) is 32.6 Å². The third-order valence-electron chi connectivity index (χ3n) is 6.32. The molecule has 2 aliphatic heterocycles. The first kappa shape index (κ1) is 22.7. The summed E-state index contributed by atoms with van der Waals surface area (Å²) in [6.45, 7) is 15.6. The van der Waals surface area contributed by atoms with Crippen LogP contribution >= 0.6 is 0 Å². The number of unbranched alkanes of at least 4 members (excludes halogenated alkanes) is 2. The molecule has 0 saturated carbocycles. The van der Waals surface area contributed by atoms with E-state index in [1.807, 2.05) is 25.7 Å². The van der Waals surface area contributed by atoms with Gasteiger partial charge < -0.3 is 10.2 Å². The van der Waals surface area contributed by atoms with E-state index in [0.29, 0.717) is 25.4 Å². The van der Waals surface area contributed by atoms with E-state index in [0.717, 1.165) is 38.8 Å². The largest absolute Gasteiger partial charge is 0.338 e. The normalized spacial score (nSPS) is 23.6. The van der Waals surface area contributed by atoms with Crippen molar-refractivity contribution >= 4 is 17.8 Å². The average molecular weight is 394 g/mol. The summed E-state index contributed by atoms with van der Waals surface area (Å²) in [5, 5.41) is 3.01. The molecule has 160 valence electrons. The molecule has 0 spiro atoms. The van der Waals surface area contributed by atoms with Crippen molar-refractivity contribution in [1.82, 2.24) is 15.1 Å². The van der Waals surface area contributed by atoms with Gasteiger partial charge in [0.05, 0.1) is 5.92 Å². The molecular formula is C22H39N3O3. The molecule has 0 bridgehead atoms. The van der Waals surface area contributed by atoms with E-state index >= 15 is 0 Å². The molecule has 6 nitrogen and oxygen atoms in total. The minimum absolute atomic E-state index is 0.0201. The fourth-order valence-corrected chi connectivity index (χ4v) is 4.13. The highest BCUT2D eigenvalue weighted by Crippen LogP contribution is 2.35. The number of imide groups is 1. The van der Waals surface area contributed by atoms with Gasteiger partial charge in [0.25, 0.3) is 0 Å². The van der Waals surface area contributed by atoms with Crippen LogP contribution in [0.5, 0.6) is 0 Å². The topological polar surface area (TPSA) is 69.7 Å². The van der Waals surface area contributed by atoms with Gasteiger partial charge in [-0.05, 0) is 42.4 Å². The Bertz CT molecular complexity index is 589. The summed E-state index contributed by atoms with van der Waals surface area (Å²) in [6, 6.07) is 0.0321. The quantitative estimate of drug-likeness (QED) is 0.553. The minimum atomic E-state index is -0.198. The summed E-state index contributed by atoms with van der Waals surface area (Å²) in [4.78, 5) is 40.2. The predicted octanol–water partition coefficient (Wildman–Crippen LogP) is 3.66. The fourth-order valence-electron chi connectivity index (χ4n) is 4.13. The van der Waals surface area contributed by atoms with Crippen LogP contribution in [0.25, 0.3) is 0 Å². The van der Waals surface area contributed by atoms with Crippen molar-refractivity contribution in [3.63, 3.8) is 0 Å². The molecule has 2 aliphatic rings. The number of hydrogen-bond acceptors (Lipinski definition) is 3. The Morgan fingerprint density at radius 2 is 1.71 bits per heavy atom. The molecule has 1 N–H and O–H groups in total. The van der Waals surface area contributed by atoms with Gasteiger partial charge in [0.15, 0.2) is 0 Å². The van der Waals surface area contributed by atoms with E-state index < -0.39 is 0 Å². The first-order chi connectivity index (χ1) is 12.9. The molecule has 0 radical (unpaired) electrons. The first-order valence-electron chi connectivity index (χ1n) is 10.8. The lowest BCUT2D eigenvalue weighted by atomic mass is 9.80. The molecule has 2 fully saturated rings. The molecule has 4 amide bonds. The molecule has 2 saturated heterocycles. The highest BCUT2D eigenvalue weighted by molar-refractivity contribution is 6.03. The highest BCUT2D eigenvalue weighted by atomic mass is 16.2. The van der Waals surface area contributed by atoms with Gasteiger partial charge >= 0.3 is 6.03 Å². The van der Waals surface area contributed by atoms with Crippen LogP contribution in [0.15, 0.2) is 0 Å². The summed E-state index contributed by atoms with van der Waals surface area (Å²) < 4.78 is 0. The zero-order chi connectivity index (χ0) is 21.1. The lowest BCUT2D eigenvalue weighted by Crippen LogP contribution is -2.39. The van der Waals surface area contributed by atoms with Crippen LogP contribution in [0.4, 0.5) is 4.79 Å². The third-order valence-corrected chi connectivity index (χ3v) is 6.32. The minimum Gasteiger partial charge on any atom is -0.338 e. The van der Waals surface area contributed by atoms with E-state index in [1.54, 1.807) is 0 Å². The van der Waals surface area contributed by atoms with Crippen LogP contribution in [0, 0.1) is 22.7 Å². The maximum absolute atomic E-state index is 12.5. The van der Waals surface area contributed by atoms with Crippen LogP contribution in [0.1, 0.15) is 73.6 Å². The Morgan fingerprint density at radius 1 is 1.04 bits per heavy atom. The van der Waals surface area contributed by atoms with Gasteiger partial charge in [0.1, 0.15) is 0 Å². The van der Waals surface area contributed by atoms with Gasteiger partial charge in [-0.15, -0.1) is 0 Å². The maximum Gasteiger partial charge on any atom is 0.317 e. The van der Waals surface area contributed by atoms with Crippen molar-refractivity contribution in [2.24, 2.45) is 22.7 Å². The number of carbonyl (C=O) groups is 3. The Morgan fingerprint density at radius 3 is 2.25 bits per heavy atom. The maximum atomic E-state index is 12.5. The first-order valence-corrected chi connectivity index (χ1v) is 10.8. The van der Waals surface area contributed by atoms with Crippen LogP contribution in [-0.4, -0.2) is 53.8 Å². The van der Waals surface area contributed by atoms with Gasteiger partial charge in [-0.3, -0.25) is 14.5 Å². The number of nitrogens with one attached hydrogen (secondary N) is 1. The van der Waals surface area contributed by atoms with E-state index in [2.05, 4.69) is 26.1 Å². The van der Waals surface area contributed by atoms with Crippen molar-refractivity contribution in [3.05, 3.63) is 0 Å². The summed E-state index contributed by atoms with van der Waals surface area (Å²) in [5.41, 5.74) is 0.0683. The molecule has 2 rings (SSSR count). The van der Waals surface area contributed by atoms with Gasteiger partial charge in [-0.1, -0.05) is 41.5 Å². The van der Waals surface area contributed by atoms with Gasteiger partial charge in [0.2, 0.25) is 11.8 Å². The molecule has 2 atom stereocenters. The molecule has 0 aliphatic carbocycles. The van der Waals surface area contributed by atoms with Crippen molar-refractivity contribution in [1.29, 1.82) is 0 Å². The zero-order valence-electron chi connectivity index (χ0n) is 18.6. The standard InChI is InChI=1S/C22H39N3O3/c1-21(2,3)16-10-13-24(15-16)20(28)23-11-8-7-9-12-25-18(26)14-17(19(25)27)22(4,5)6/h16-17H,7-15H2,1-6H3,(H,23,28). The summed E-state index contributed by atoms with van der Waals surface area (Å²) >= 11 is 0. The number of carbonyl (C=O) groups excluding carboxylic acids is 3. The van der Waals surface area contributed by atoms with Crippen LogP contribution < -0.4 is 5.32 Å². The smallest absolute Gasteiger partial charge is 0.317 e. The van der Waals surface area contributed by atoms with Crippen LogP contribution in [0.2, 0.25) is 0 Å². The number of urea groups is 1. The molecule has 28 heavy (non-hydrogen) atoms. The van der Waals surface area contributed by atoms with Crippen LogP contribution in [-0.2, 0) is 9.59 Å². The second-order valence-electron chi connectivity index (χ2n) is 10.6. The number of hydrogen-bond donors (Lipinski definition) is 1. The van der Waals surface area contributed by atoms with Crippen molar-refractivity contribution in [3.8, 4) is 0 Å². The molecule has 0 aromatic carbocycles.